The summed E-state index contributed by atoms with van der Waals surface area (Å²) in [6, 6.07) is 5.22. The van der Waals surface area contributed by atoms with Gasteiger partial charge in [0, 0.05) is 19.6 Å². The monoisotopic (exact) mass is 238 g/mol. The van der Waals surface area contributed by atoms with Gasteiger partial charge in [0.15, 0.2) is 0 Å². The number of nitrogens with one attached hydrogen (secondary N) is 2. The van der Waals surface area contributed by atoms with Crippen molar-refractivity contribution in [2.75, 3.05) is 6.54 Å². The van der Waals surface area contributed by atoms with Crippen molar-refractivity contribution >= 4 is 10.0 Å². The Balaban J connectivity index is 2.30. The molecule has 2 rings (SSSR count). The molecule has 0 fully saturated rings. The standard InChI is InChI=1S/C11H14N2O2S/c1-2-5-13-16(14,15)11-4-3-9-7-12-8-10(9)6-11/h2-4,6,12-13H,1,5,7-8H2. The molecule has 16 heavy (non-hydrogen) atoms. The van der Waals surface area contributed by atoms with Gasteiger partial charge in [0.1, 0.15) is 0 Å². The third-order valence-corrected chi connectivity index (χ3v) is 3.96. The molecule has 0 unspecified atom stereocenters. The highest BCUT2D eigenvalue weighted by molar-refractivity contribution is 7.89. The lowest BCUT2D eigenvalue weighted by atomic mass is 10.1. The van der Waals surface area contributed by atoms with Crippen LogP contribution in [0.15, 0.2) is 35.7 Å². The summed E-state index contributed by atoms with van der Waals surface area (Å²) in [6.45, 7) is 5.28. The van der Waals surface area contributed by atoms with E-state index in [-0.39, 0.29) is 6.54 Å². The Morgan fingerprint density at radius 2 is 2.12 bits per heavy atom. The fourth-order valence-corrected chi connectivity index (χ4v) is 2.74. The van der Waals surface area contributed by atoms with E-state index in [1.54, 1.807) is 12.1 Å². The Hall–Kier alpha value is -1.17. The van der Waals surface area contributed by atoms with Crippen LogP contribution in [0.3, 0.4) is 0 Å². The van der Waals surface area contributed by atoms with Crippen LogP contribution in [-0.4, -0.2) is 15.0 Å². The highest BCUT2D eigenvalue weighted by Gasteiger charge is 2.17. The van der Waals surface area contributed by atoms with Crippen LogP contribution < -0.4 is 10.0 Å². The minimum absolute atomic E-state index is 0.248. The molecule has 0 radical (unpaired) electrons. The Morgan fingerprint density at radius 3 is 2.88 bits per heavy atom. The van der Waals surface area contributed by atoms with Crippen LogP contribution in [0.25, 0.3) is 0 Å². The van der Waals surface area contributed by atoms with Crippen molar-refractivity contribution in [3.63, 3.8) is 0 Å². The van der Waals surface area contributed by atoms with Crippen molar-refractivity contribution in [3.8, 4) is 0 Å². The van der Waals surface area contributed by atoms with E-state index >= 15 is 0 Å². The summed E-state index contributed by atoms with van der Waals surface area (Å²) in [5, 5.41) is 3.18. The fourth-order valence-electron chi connectivity index (χ4n) is 1.69. The van der Waals surface area contributed by atoms with E-state index in [0.717, 1.165) is 18.7 Å². The molecule has 1 aromatic rings. The molecule has 1 aromatic carbocycles. The van der Waals surface area contributed by atoms with Crippen molar-refractivity contribution in [1.82, 2.24) is 10.0 Å². The van der Waals surface area contributed by atoms with E-state index in [0.29, 0.717) is 4.90 Å². The molecule has 0 aromatic heterocycles. The Labute approximate surface area is 95.4 Å². The Bertz CT molecular complexity index is 509. The molecule has 5 heteroatoms. The summed E-state index contributed by atoms with van der Waals surface area (Å²) >= 11 is 0. The van der Waals surface area contributed by atoms with Gasteiger partial charge in [0.05, 0.1) is 4.90 Å². The van der Waals surface area contributed by atoms with Crippen LogP contribution in [0, 0.1) is 0 Å². The van der Waals surface area contributed by atoms with Crippen LogP contribution in [0.1, 0.15) is 11.1 Å². The first kappa shape index (κ1) is 11.3. The molecule has 0 atom stereocenters. The predicted octanol–water partition coefficient (Wildman–Crippen LogP) is 0.754. The van der Waals surface area contributed by atoms with Crippen molar-refractivity contribution in [1.29, 1.82) is 0 Å². The number of sulfonamides is 1. The van der Waals surface area contributed by atoms with Crippen LogP contribution in [0.4, 0.5) is 0 Å². The molecule has 0 spiro atoms. The van der Waals surface area contributed by atoms with Crippen molar-refractivity contribution in [2.24, 2.45) is 0 Å². The number of benzene rings is 1. The average molecular weight is 238 g/mol. The molecule has 0 aliphatic carbocycles. The second kappa shape index (κ2) is 4.37. The van der Waals surface area contributed by atoms with Gasteiger partial charge in [-0.25, -0.2) is 13.1 Å². The van der Waals surface area contributed by atoms with E-state index in [9.17, 15) is 8.42 Å². The van der Waals surface area contributed by atoms with E-state index in [1.807, 2.05) is 6.07 Å². The summed E-state index contributed by atoms with van der Waals surface area (Å²) in [4.78, 5) is 0.316. The van der Waals surface area contributed by atoms with Gasteiger partial charge in [0.2, 0.25) is 10.0 Å². The second-order valence-electron chi connectivity index (χ2n) is 3.67. The van der Waals surface area contributed by atoms with E-state index < -0.39 is 10.0 Å². The van der Waals surface area contributed by atoms with E-state index in [2.05, 4.69) is 16.6 Å². The number of hydrogen-bond donors (Lipinski definition) is 2. The first-order valence-electron chi connectivity index (χ1n) is 5.06. The van der Waals surface area contributed by atoms with Crippen LogP contribution in [0.2, 0.25) is 0 Å². The lowest BCUT2D eigenvalue weighted by Gasteiger charge is -2.06. The minimum atomic E-state index is -3.39. The zero-order valence-electron chi connectivity index (χ0n) is 8.86. The highest BCUT2D eigenvalue weighted by Crippen LogP contribution is 2.19. The topological polar surface area (TPSA) is 58.2 Å². The molecular weight excluding hydrogens is 224 g/mol. The highest BCUT2D eigenvalue weighted by atomic mass is 32.2. The van der Waals surface area contributed by atoms with Gasteiger partial charge >= 0.3 is 0 Å². The van der Waals surface area contributed by atoms with Gasteiger partial charge in [-0.1, -0.05) is 12.1 Å². The molecule has 4 nitrogen and oxygen atoms in total. The van der Waals surface area contributed by atoms with Gasteiger partial charge in [-0.05, 0) is 23.3 Å². The number of fused-ring (bicyclic) bond motifs is 1. The molecule has 1 aliphatic heterocycles. The van der Waals surface area contributed by atoms with Gasteiger partial charge in [-0.3, -0.25) is 0 Å². The molecule has 0 bridgehead atoms. The first-order valence-corrected chi connectivity index (χ1v) is 6.55. The molecule has 0 saturated carbocycles. The Morgan fingerprint density at radius 1 is 1.38 bits per heavy atom. The van der Waals surface area contributed by atoms with Gasteiger partial charge < -0.3 is 5.32 Å². The lowest BCUT2D eigenvalue weighted by Crippen LogP contribution is -2.23. The third-order valence-electron chi connectivity index (χ3n) is 2.54. The quantitative estimate of drug-likeness (QED) is 0.761. The largest absolute Gasteiger partial charge is 0.309 e. The summed E-state index contributed by atoms with van der Waals surface area (Å²) in [6.07, 6.45) is 1.52. The zero-order chi connectivity index (χ0) is 11.6. The maximum Gasteiger partial charge on any atom is 0.240 e. The molecule has 86 valence electrons. The van der Waals surface area contributed by atoms with Crippen molar-refractivity contribution < 1.29 is 8.42 Å². The minimum Gasteiger partial charge on any atom is -0.309 e. The Kier molecular flexibility index (Phi) is 3.09. The SMILES string of the molecule is C=CCNS(=O)(=O)c1ccc2c(c1)CNC2. The van der Waals surface area contributed by atoms with E-state index in [1.165, 1.54) is 11.6 Å². The fraction of sp³-hybridized carbons (Fsp3) is 0.273. The maximum atomic E-state index is 11.8. The summed E-state index contributed by atoms with van der Waals surface area (Å²) in [5.74, 6) is 0. The summed E-state index contributed by atoms with van der Waals surface area (Å²) < 4.78 is 26.1. The number of rotatable bonds is 4. The van der Waals surface area contributed by atoms with Crippen LogP contribution >= 0.6 is 0 Å². The molecule has 0 amide bonds. The van der Waals surface area contributed by atoms with Crippen LogP contribution in [0.5, 0.6) is 0 Å². The normalized spacial score (nSPS) is 14.8. The third kappa shape index (κ3) is 2.16. The molecular formula is C11H14N2O2S. The van der Waals surface area contributed by atoms with Crippen molar-refractivity contribution in [3.05, 3.63) is 42.0 Å². The molecule has 0 saturated heterocycles. The van der Waals surface area contributed by atoms with Crippen LogP contribution in [-0.2, 0) is 23.1 Å². The summed E-state index contributed by atoms with van der Waals surface area (Å²) in [7, 11) is -3.39. The summed E-state index contributed by atoms with van der Waals surface area (Å²) in [5.41, 5.74) is 2.23. The lowest BCUT2D eigenvalue weighted by molar-refractivity contribution is 0.585. The van der Waals surface area contributed by atoms with E-state index in [4.69, 9.17) is 0 Å². The zero-order valence-corrected chi connectivity index (χ0v) is 9.68. The predicted molar refractivity (Wildman–Crippen MR) is 62.4 cm³/mol. The smallest absolute Gasteiger partial charge is 0.240 e. The number of hydrogen-bond acceptors (Lipinski definition) is 3. The molecule has 1 heterocycles. The maximum absolute atomic E-state index is 11.8. The second-order valence-corrected chi connectivity index (χ2v) is 5.44. The van der Waals surface area contributed by atoms with Gasteiger partial charge in [-0.2, -0.15) is 0 Å². The molecule has 1 aliphatic rings. The van der Waals surface area contributed by atoms with Crippen molar-refractivity contribution in [2.45, 2.75) is 18.0 Å². The van der Waals surface area contributed by atoms with Gasteiger partial charge in [-0.15, -0.1) is 6.58 Å². The first-order chi connectivity index (χ1) is 7.63. The average Bonchev–Trinajstić information content (AvgIpc) is 2.73. The van der Waals surface area contributed by atoms with Gasteiger partial charge in [0.25, 0.3) is 0 Å². The molecule has 2 N–H and O–H groups in total.